The minimum absolute atomic E-state index is 0.708. The van der Waals surface area contributed by atoms with Crippen LogP contribution in [0.25, 0.3) is 0 Å². The quantitative estimate of drug-likeness (QED) is 0.842. The molecule has 1 fully saturated rings. The molecule has 1 aromatic carbocycles. The van der Waals surface area contributed by atoms with Gasteiger partial charge in [-0.25, -0.2) is 0 Å². The van der Waals surface area contributed by atoms with E-state index in [1.165, 1.54) is 31.2 Å². The van der Waals surface area contributed by atoms with E-state index < -0.39 is 0 Å². The third-order valence-corrected chi connectivity index (χ3v) is 3.68. The summed E-state index contributed by atoms with van der Waals surface area (Å²) in [6.45, 7) is 3.37. The van der Waals surface area contributed by atoms with E-state index in [0.29, 0.717) is 12.0 Å². The molecule has 0 bridgehead atoms. The van der Waals surface area contributed by atoms with E-state index in [1.54, 1.807) is 7.11 Å². The third-order valence-electron chi connectivity index (χ3n) is 3.68. The number of methoxy groups -OCH3 is 1. The molecule has 2 unspecified atom stereocenters. The Hall–Kier alpha value is -1.02. The van der Waals surface area contributed by atoms with Crippen LogP contribution < -0.4 is 10.1 Å². The van der Waals surface area contributed by atoms with Gasteiger partial charge in [0, 0.05) is 6.04 Å². The van der Waals surface area contributed by atoms with Gasteiger partial charge >= 0.3 is 0 Å². The van der Waals surface area contributed by atoms with Gasteiger partial charge in [0.25, 0.3) is 0 Å². The standard InChI is InChI=1S/C15H23NO/c1-3-9-16-14-8-7-13(10-14)12-5-4-6-15(11-12)17-2/h4-6,11,13-14,16H,3,7-10H2,1-2H3. The smallest absolute Gasteiger partial charge is 0.119 e. The maximum atomic E-state index is 5.29. The monoisotopic (exact) mass is 233 g/mol. The Labute approximate surface area is 104 Å². The molecule has 0 heterocycles. The zero-order chi connectivity index (χ0) is 12.1. The zero-order valence-corrected chi connectivity index (χ0v) is 10.9. The van der Waals surface area contributed by atoms with E-state index in [1.807, 2.05) is 6.07 Å². The van der Waals surface area contributed by atoms with Gasteiger partial charge in [0.2, 0.25) is 0 Å². The Morgan fingerprint density at radius 1 is 1.35 bits per heavy atom. The number of ether oxygens (including phenoxy) is 1. The van der Waals surface area contributed by atoms with Crippen molar-refractivity contribution in [3.05, 3.63) is 29.8 Å². The lowest BCUT2D eigenvalue weighted by atomic mass is 9.97. The Morgan fingerprint density at radius 3 is 3.00 bits per heavy atom. The molecule has 2 heteroatoms. The average Bonchev–Trinajstić information content (AvgIpc) is 2.85. The van der Waals surface area contributed by atoms with E-state index >= 15 is 0 Å². The second-order valence-electron chi connectivity index (χ2n) is 4.94. The number of benzene rings is 1. The highest BCUT2D eigenvalue weighted by Gasteiger charge is 2.25. The highest BCUT2D eigenvalue weighted by Crippen LogP contribution is 2.35. The van der Waals surface area contributed by atoms with Gasteiger partial charge in [-0.05, 0) is 55.8 Å². The van der Waals surface area contributed by atoms with Gasteiger partial charge in [-0.3, -0.25) is 0 Å². The molecule has 0 amide bonds. The van der Waals surface area contributed by atoms with Crippen molar-refractivity contribution in [3.8, 4) is 5.75 Å². The van der Waals surface area contributed by atoms with E-state index in [4.69, 9.17) is 4.74 Å². The SMILES string of the molecule is CCCNC1CCC(c2cccc(OC)c2)C1. The molecule has 0 aliphatic heterocycles. The lowest BCUT2D eigenvalue weighted by molar-refractivity contribution is 0.413. The van der Waals surface area contributed by atoms with Crippen molar-refractivity contribution in [1.82, 2.24) is 5.32 Å². The van der Waals surface area contributed by atoms with Crippen LogP contribution in [0.1, 0.15) is 44.1 Å². The summed E-state index contributed by atoms with van der Waals surface area (Å²) in [5, 5.41) is 3.63. The first-order chi connectivity index (χ1) is 8.33. The fourth-order valence-corrected chi connectivity index (χ4v) is 2.71. The number of hydrogen-bond acceptors (Lipinski definition) is 2. The molecule has 1 N–H and O–H groups in total. The molecule has 0 radical (unpaired) electrons. The van der Waals surface area contributed by atoms with E-state index in [2.05, 4.69) is 30.4 Å². The first-order valence-corrected chi connectivity index (χ1v) is 6.70. The van der Waals surface area contributed by atoms with E-state index in [9.17, 15) is 0 Å². The Kier molecular flexibility index (Phi) is 4.43. The molecule has 1 aliphatic carbocycles. The van der Waals surface area contributed by atoms with Crippen LogP contribution >= 0.6 is 0 Å². The van der Waals surface area contributed by atoms with Gasteiger partial charge in [0.05, 0.1) is 7.11 Å². The van der Waals surface area contributed by atoms with Crippen LogP contribution in [0.15, 0.2) is 24.3 Å². The van der Waals surface area contributed by atoms with Gasteiger partial charge in [-0.2, -0.15) is 0 Å². The molecule has 94 valence electrons. The van der Waals surface area contributed by atoms with Crippen LogP contribution in [-0.4, -0.2) is 19.7 Å². The van der Waals surface area contributed by atoms with Gasteiger partial charge in [-0.1, -0.05) is 19.1 Å². The van der Waals surface area contributed by atoms with Crippen LogP contribution in [0.2, 0.25) is 0 Å². The van der Waals surface area contributed by atoms with Crippen molar-refractivity contribution < 1.29 is 4.74 Å². The first-order valence-electron chi connectivity index (χ1n) is 6.70. The fourth-order valence-electron chi connectivity index (χ4n) is 2.71. The number of nitrogens with one attached hydrogen (secondary N) is 1. The van der Waals surface area contributed by atoms with Gasteiger partial charge in [0.15, 0.2) is 0 Å². The van der Waals surface area contributed by atoms with Gasteiger partial charge in [0.1, 0.15) is 5.75 Å². The third kappa shape index (κ3) is 3.22. The van der Waals surface area contributed by atoms with Crippen molar-refractivity contribution in [2.45, 2.75) is 44.6 Å². The Bertz CT molecular complexity index is 351. The minimum Gasteiger partial charge on any atom is -0.497 e. The molecule has 1 saturated carbocycles. The van der Waals surface area contributed by atoms with Crippen molar-refractivity contribution in [1.29, 1.82) is 0 Å². The number of hydrogen-bond donors (Lipinski definition) is 1. The molecule has 0 spiro atoms. The van der Waals surface area contributed by atoms with E-state index in [-0.39, 0.29) is 0 Å². The lowest BCUT2D eigenvalue weighted by Gasteiger charge is -2.13. The summed E-state index contributed by atoms with van der Waals surface area (Å²) in [6, 6.07) is 9.25. The first kappa shape index (κ1) is 12.4. The maximum absolute atomic E-state index is 5.29. The molecular formula is C15H23NO. The summed E-state index contributed by atoms with van der Waals surface area (Å²) in [7, 11) is 1.74. The summed E-state index contributed by atoms with van der Waals surface area (Å²) in [5.74, 6) is 1.69. The van der Waals surface area contributed by atoms with Crippen LogP contribution in [0.3, 0.4) is 0 Å². The normalized spacial score (nSPS) is 23.9. The van der Waals surface area contributed by atoms with Crippen LogP contribution in [0.4, 0.5) is 0 Å². The van der Waals surface area contributed by atoms with Gasteiger partial charge < -0.3 is 10.1 Å². The van der Waals surface area contributed by atoms with Gasteiger partial charge in [-0.15, -0.1) is 0 Å². The lowest BCUT2D eigenvalue weighted by Crippen LogP contribution is -2.26. The summed E-state index contributed by atoms with van der Waals surface area (Å²) >= 11 is 0. The molecule has 17 heavy (non-hydrogen) atoms. The molecule has 2 atom stereocenters. The minimum atomic E-state index is 0.708. The van der Waals surface area contributed by atoms with Crippen molar-refractivity contribution in [2.24, 2.45) is 0 Å². The molecule has 1 aliphatic rings. The molecular weight excluding hydrogens is 210 g/mol. The van der Waals surface area contributed by atoms with Crippen molar-refractivity contribution in [2.75, 3.05) is 13.7 Å². The molecule has 0 saturated heterocycles. The second kappa shape index (κ2) is 6.06. The molecule has 2 nitrogen and oxygen atoms in total. The predicted molar refractivity (Wildman–Crippen MR) is 71.7 cm³/mol. The topological polar surface area (TPSA) is 21.3 Å². The average molecular weight is 233 g/mol. The second-order valence-corrected chi connectivity index (χ2v) is 4.94. The Morgan fingerprint density at radius 2 is 2.24 bits per heavy atom. The van der Waals surface area contributed by atoms with Crippen molar-refractivity contribution in [3.63, 3.8) is 0 Å². The summed E-state index contributed by atoms with van der Waals surface area (Å²) in [5.41, 5.74) is 1.44. The largest absolute Gasteiger partial charge is 0.497 e. The highest BCUT2D eigenvalue weighted by molar-refractivity contribution is 5.31. The van der Waals surface area contributed by atoms with Crippen LogP contribution in [-0.2, 0) is 0 Å². The summed E-state index contributed by atoms with van der Waals surface area (Å²) in [4.78, 5) is 0. The highest BCUT2D eigenvalue weighted by atomic mass is 16.5. The maximum Gasteiger partial charge on any atom is 0.119 e. The van der Waals surface area contributed by atoms with Crippen LogP contribution in [0, 0.1) is 0 Å². The predicted octanol–water partition coefficient (Wildman–Crippen LogP) is 3.33. The van der Waals surface area contributed by atoms with Crippen molar-refractivity contribution >= 4 is 0 Å². The zero-order valence-electron chi connectivity index (χ0n) is 10.9. The molecule has 1 aromatic rings. The summed E-state index contributed by atoms with van der Waals surface area (Å²) in [6.07, 6.45) is 5.10. The Balaban J connectivity index is 1.94. The van der Waals surface area contributed by atoms with E-state index in [0.717, 1.165) is 12.3 Å². The molecule has 2 rings (SSSR count). The molecule has 0 aromatic heterocycles. The fraction of sp³-hybridized carbons (Fsp3) is 0.600. The number of rotatable bonds is 5. The van der Waals surface area contributed by atoms with Crippen LogP contribution in [0.5, 0.6) is 5.75 Å². The summed E-state index contributed by atoms with van der Waals surface area (Å²) < 4.78 is 5.29.